The number of rotatable bonds is 6. The fourth-order valence-corrected chi connectivity index (χ4v) is 2.38. The normalized spacial score (nSPS) is 12.3. The highest BCUT2D eigenvalue weighted by Crippen LogP contribution is 2.18. The highest BCUT2D eigenvalue weighted by molar-refractivity contribution is 9.10. The summed E-state index contributed by atoms with van der Waals surface area (Å²) < 4.78 is 2.68. The Bertz CT molecular complexity index is 584. The Hall–Kier alpha value is -1.66. The second-order valence-electron chi connectivity index (χ2n) is 4.62. The molecule has 20 heavy (non-hydrogen) atoms. The SMILES string of the molecule is CC(Cn1cccn1)NCc1ccc(C(=O)O)cc1Br. The minimum absolute atomic E-state index is 0.265. The van der Waals surface area contributed by atoms with Crippen LogP contribution in [0.2, 0.25) is 0 Å². The summed E-state index contributed by atoms with van der Waals surface area (Å²) in [5.41, 5.74) is 1.31. The number of aromatic nitrogens is 2. The van der Waals surface area contributed by atoms with E-state index in [2.05, 4.69) is 33.3 Å². The van der Waals surface area contributed by atoms with E-state index in [0.29, 0.717) is 6.54 Å². The summed E-state index contributed by atoms with van der Waals surface area (Å²) in [6.07, 6.45) is 3.68. The topological polar surface area (TPSA) is 67.2 Å². The Morgan fingerprint density at radius 1 is 1.55 bits per heavy atom. The minimum atomic E-state index is -0.919. The molecule has 0 aliphatic rings. The van der Waals surface area contributed by atoms with Crippen molar-refractivity contribution in [3.05, 3.63) is 52.3 Å². The number of hydrogen-bond acceptors (Lipinski definition) is 3. The summed E-state index contributed by atoms with van der Waals surface area (Å²) in [5, 5.41) is 16.5. The van der Waals surface area contributed by atoms with E-state index >= 15 is 0 Å². The first kappa shape index (κ1) is 14.7. The van der Waals surface area contributed by atoms with Crippen LogP contribution in [0, 0.1) is 0 Å². The van der Waals surface area contributed by atoms with Gasteiger partial charge in [-0.25, -0.2) is 4.79 Å². The third-order valence-electron chi connectivity index (χ3n) is 2.96. The number of aromatic carboxylic acids is 1. The molecule has 6 heteroatoms. The van der Waals surface area contributed by atoms with Crippen LogP contribution in [-0.2, 0) is 13.1 Å². The zero-order chi connectivity index (χ0) is 14.5. The summed E-state index contributed by atoms with van der Waals surface area (Å²) in [6, 6.07) is 7.22. The van der Waals surface area contributed by atoms with Crippen molar-refractivity contribution in [2.45, 2.75) is 26.1 Å². The zero-order valence-corrected chi connectivity index (χ0v) is 12.7. The molecule has 5 nitrogen and oxygen atoms in total. The largest absolute Gasteiger partial charge is 0.478 e. The molecule has 1 aromatic carbocycles. The molecular formula is C14H16BrN3O2. The number of hydrogen-bond donors (Lipinski definition) is 2. The summed E-state index contributed by atoms with van der Waals surface area (Å²) in [5.74, 6) is -0.919. The Labute approximate surface area is 125 Å². The number of nitrogens with one attached hydrogen (secondary N) is 1. The Balaban J connectivity index is 1.92. The van der Waals surface area contributed by atoms with E-state index in [4.69, 9.17) is 5.11 Å². The standard InChI is InChI=1S/C14H16BrN3O2/c1-10(9-18-6-2-5-17-18)16-8-12-4-3-11(14(19)20)7-13(12)15/h2-7,10,16H,8-9H2,1H3,(H,19,20). The monoisotopic (exact) mass is 337 g/mol. The maximum Gasteiger partial charge on any atom is 0.335 e. The van der Waals surface area contributed by atoms with Crippen molar-refractivity contribution in [1.29, 1.82) is 0 Å². The van der Waals surface area contributed by atoms with Crippen molar-refractivity contribution in [3.8, 4) is 0 Å². The van der Waals surface area contributed by atoms with Gasteiger partial charge in [0.2, 0.25) is 0 Å². The van der Waals surface area contributed by atoms with Gasteiger partial charge in [-0.05, 0) is 30.7 Å². The molecule has 0 aliphatic carbocycles. The van der Waals surface area contributed by atoms with Gasteiger partial charge in [-0.1, -0.05) is 22.0 Å². The predicted octanol–water partition coefficient (Wildman–Crippen LogP) is 2.52. The van der Waals surface area contributed by atoms with Crippen molar-refractivity contribution in [3.63, 3.8) is 0 Å². The smallest absolute Gasteiger partial charge is 0.335 e. The van der Waals surface area contributed by atoms with Crippen LogP contribution in [0.3, 0.4) is 0 Å². The van der Waals surface area contributed by atoms with Gasteiger partial charge in [0.1, 0.15) is 0 Å². The molecule has 2 aromatic rings. The molecule has 1 heterocycles. The van der Waals surface area contributed by atoms with E-state index in [1.165, 1.54) is 0 Å². The van der Waals surface area contributed by atoms with E-state index < -0.39 is 5.97 Å². The second kappa shape index (κ2) is 6.67. The molecular weight excluding hydrogens is 322 g/mol. The maximum absolute atomic E-state index is 10.9. The molecule has 1 unspecified atom stereocenters. The molecule has 0 saturated carbocycles. The first-order chi connectivity index (χ1) is 9.56. The first-order valence-electron chi connectivity index (χ1n) is 6.29. The van der Waals surface area contributed by atoms with Gasteiger partial charge in [0.15, 0.2) is 0 Å². The lowest BCUT2D eigenvalue weighted by Gasteiger charge is -2.15. The fourth-order valence-electron chi connectivity index (χ4n) is 1.86. The number of benzene rings is 1. The van der Waals surface area contributed by atoms with Gasteiger partial charge < -0.3 is 10.4 Å². The average molecular weight is 338 g/mol. The van der Waals surface area contributed by atoms with Crippen molar-refractivity contribution in [2.24, 2.45) is 0 Å². The van der Waals surface area contributed by atoms with Gasteiger partial charge in [-0.2, -0.15) is 5.10 Å². The van der Waals surface area contributed by atoms with E-state index in [1.807, 2.05) is 23.0 Å². The zero-order valence-electron chi connectivity index (χ0n) is 11.1. The van der Waals surface area contributed by atoms with Crippen LogP contribution in [0.1, 0.15) is 22.8 Å². The molecule has 0 saturated heterocycles. The lowest BCUT2D eigenvalue weighted by atomic mass is 10.1. The Kier molecular flexibility index (Phi) is 4.92. The highest BCUT2D eigenvalue weighted by atomic mass is 79.9. The molecule has 0 aliphatic heterocycles. The number of carboxylic acid groups (broad SMARTS) is 1. The van der Waals surface area contributed by atoms with Crippen LogP contribution in [0.15, 0.2) is 41.1 Å². The second-order valence-corrected chi connectivity index (χ2v) is 5.48. The highest BCUT2D eigenvalue weighted by Gasteiger charge is 2.08. The third-order valence-corrected chi connectivity index (χ3v) is 3.70. The van der Waals surface area contributed by atoms with Crippen LogP contribution in [0.4, 0.5) is 0 Å². The fraction of sp³-hybridized carbons (Fsp3) is 0.286. The maximum atomic E-state index is 10.9. The van der Waals surface area contributed by atoms with Gasteiger partial charge in [0.05, 0.1) is 12.1 Å². The van der Waals surface area contributed by atoms with E-state index in [1.54, 1.807) is 18.3 Å². The quantitative estimate of drug-likeness (QED) is 0.849. The molecule has 0 amide bonds. The molecule has 0 bridgehead atoms. The van der Waals surface area contributed by atoms with Crippen molar-refractivity contribution < 1.29 is 9.90 Å². The number of halogens is 1. The minimum Gasteiger partial charge on any atom is -0.478 e. The van der Waals surface area contributed by atoms with Crippen LogP contribution in [0.5, 0.6) is 0 Å². The first-order valence-corrected chi connectivity index (χ1v) is 7.08. The molecule has 106 valence electrons. The van der Waals surface area contributed by atoms with E-state index in [9.17, 15) is 4.79 Å². The van der Waals surface area contributed by atoms with Crippen molar-refractivity contribution in [1.82, 2.24) is 15.1 Å². The average Bonchev–Trinajstić information content (AvgIpc) is 2.90. The number of carbonyl (C=O) groups is 1. The molecule has 1 aromatic heterocycles. The van der Waals surface area contributed by atoms with Crippen LogP contribution < -0.4 is 5.32 Å². The molecule has 0 fully saturated rings. The van der Waals surface area contributed by atoms with Crippen molar-refractivity contribution >= 4 is 21.9 Å². The van der Waals surface area contributed by atoms with Gasteiger partial charge in [0, 0.05) is 29.5 Å². The van der Waals surface area contributed by atoms with Gasteiger partial charge >= 0.3 is 5.97 Å². The summed E-state index contributed by atoms with van der Waals surface area (Å²) in [6.45, 7) is 3.54. The molecule has 0 spiro atoms. The summed E-state index contributed by atoms with van der Waals surface area (Å²) in [4.78, 5) is 10.9. The Morgan fingerprint density at radius 2 is 2.35 bits per heavy atom. The van der Waals surface area contributed by atoms with Crippen LogP contribution in [0.25, 0.3) is 0 Å². The Morgan fingerprint density at radius 3 is 2.95 bits per heavy atom. The molecule has 1 atom stereocenters. The number of nitrogens with zero attached hydrogens (tertiary/aromatic N) is 2. The summed E-state index contributed by atoms with van der Waals surface area (Å²) >= 11 is 3.41. The molecule has 0 radical (unpaired) electrons. The van der Waals surface area contributed by atoms with E-state index in [0.717, 1.165) is 16.6 Å². The van der Waals surface area contributed by atoms with Crippen LogP contribution in [-0.4, -0.2) is 26.9 Å². The van der Waals surface area contributed by atoms with Gasteiger partial charge in [-0.15, -0.1) is 0 Å². The number of carboxylic acids is 1. The van der Waals surface area contributed by atoms with E-state index in [-0.39, 0.29) is 11.6 Å². The lowest BCUT2D eigenvalue weighted by Crippen LogP contribution is -2.30. The van der Waals surface area contributed by atoms with Gasteiger partial charge in [-0.3, -0.25) is 4.68 Å². The van der Waals surface area contributed by atoms with Gasteiger partial charge in [0.25, 0.3) is 0 Å². The molecule has 2 N–H and O–H groups in total. The lowest BCUT2D eigenvalue weighted by molar-refractivity contribution is 0.0697. The molecule has 2 rings (SSSR count). The third kappa shape index (κ3) is 3.91. The van der Waals surface area contributed by atoms with Crippen molar-refractivity contribution in [2.75, 3.05) is 0 Å². The van der Waals surface area contributed by atoms with Crippen LogP contribution >= 0.6 is 15.9 Å². The summed E-state index contributed by atoms with van der Waals surface area (Å²) in [7, 11) is 0. The predicted molar refractivity (Wildman–Crippen MR) is 79.6 cm³/mol.